The van der Waals surface area contributed by atoms with Crippen molar-refractivity contribution in [3.8, 4) is 5.75 Å². The van der Waals surface area contributed by atoms with Crippen LogP contribution in [-0.4, -0.2) is 23.6 Å². The van der Waals surface area contributed by atoms with Crippen LogP contribution < -0.4 is 10.1 Å². The molecule has 0 aliphatic heterocycles. The van der Waals surface area contributed by atoms with Gasteiger partial charge in [0.1, 0.15) is 5.75 Å². The number of aromatic nitrogens is 2. The van der Waals surface area contributed by atoms with Gasteiger partial charge in [0.15, 0.2) is 0 Å². The van der Waals surface area contributed by atoms with E-state index in [2.05, 4.69) is 21.4 Å². The zero-order valence-electron chi connectivity index (χ0n) is 11.4. The summed E-state index contributed by atoms with van der Waals surface area (Å²) >= 11 is 0. The number of nitrogens with zero attached hydrogens (tertiary/aromatic N) is 1. The third-order valence-corrected chi connectivity index (χ3v) is 3.27. The van der Waals surface area contributed by atoms with Crippen molar-refractivity contribution in [3.63, 3.8) is 0 Å². The lowest BCUT2D eigenvalue weighted by Gasteiger charge is -2.08. The van der Waals surface area contributed by atoms with E-state index in [1.807, 2.05) is 42.5 Å². The molecule has 0 bridgehead atoms. The van der Waals surface area contributed by atoms with Gasteiger partial charge in [-0.25, -0.2) is 4.98 Å². The minimum atomic E-state index is 0.806. The minimum Gasteiger partial charge on any atom is -0.496 e. The highest BCUT2D eigenvalue weighted by Gasteiger charge is 2.03. The Labute approximate surface area is 117 Å². The van der Waals surface area contributed by atoms with Crippen molar-refractivity contribution in [1.82, 2.24) is 9.97 Å². The maximum Gasteiger partial charge on any atom is 0.201 e. The van der Waals surface area contributed by atoms with Crippen LogP contribution in [0.1, 0.15) is 5.56 Å². The molecule has 0 atom stereocenters. The van der Waals surface area contributed by atoms with Gasteiger partial charge in [-0.05, 0) is 30.2 Å². The Morgan fingerprint density at radius 3 is 2.75 bits per heavy atom. The highest BCUT2D eigenvalue weighted by molar-refractivity contribution is 5.77. The molecule has 3 rings (SSSR count). The molecule has 3 aromatic rings. The number of para-hydroxylation sites is 3. The van der Waals surface area contributed by atoms with Gasteiger partial charge in [-0.2, -0.15) is 0 Å². The first-order valence-corrected chi connectivity index (χ1v) is 6.67. The van der Waals surface area contributed by atoms with Crippen LogP contribution in [-0.2, 0) is 6.42 Å². The summed E-state index contributed by atoms with van der Waals surface area (Å²) in [6, 6.07) is 16.1. The SMILES string of the molecule is COc1ccccc1CCNc1nc2ccccc2[nH]1. The second-order valence-electron chi connectivity index (χ2n) is 4.59. The fourth-order valence-corrected chi connectivity index (χ4v) is 2.26. The first-order chi connectivity index (χ1) is 9.86. The number of ether oxygens (including phenoxy) is 1. The molecule has 0 spiro atoms. The van der Waals surface area contributed by atoms with E-state index in [-0.39, 0.29) is 0 Å². The van der Waals surface area contributed by atoms with E-state index in [1.54, 1.807) is 7.11 Å². The number of rotatable bonds is 5. The van der Waals surface area contributed by atoms with E-state index < -0.39 is 0 Å². The van der Waals surface area contributed by atoms with Gasteiger partial charge < -0.3 is 15.0 Å². The number of fused-ring (bicyclic) bond motifs is 1. The van der Waals surface area contributed by atoms with E-state index >= 15 is 0 Å². The number of benzene rings is 2. The molecule has 1 heterocycles. The van der Waals surface area contributed by atoms with Crippen LogP contribution in [0.5, 0.6) is 5.75 Å². The summed E-state index contributed by atoms with van der Waals surface area (Å²) in [6.07, 6.45) is 0.890. The van der Waals surface area contributed by atoms with Crippen LogP contribution in [0.4, 0.5) is 5.95 Å². The van der Waals surface area contributed by atoms with Crippen molar-refractivity contribution in [2.75, 3.05) is 19.0 Å². The molecule has 4 heteroatoms. The first-order valence-electron chi connectivity index (χ1n) is 6.67. The standard InChI is InChI=1S/C16H17N3O/c1-20-15-9-5-2-6-12(15)10-11-17-16-18-13-7-3-4-8-14(13)19-16/h2-9H,10-11H2,1H3,(H2,17,18,19). The Balaban J connectivity index is 1.65. The zero-order chi connectivity index (χ0) is 13.8. The van der Waals surface area contributed by atoms with E-state index in [0.29, 0.717) is 0 Å². The Morgan fingerprint density at radius 1 is 1.10 bits per heavy atom. The molecule has 102 valence electrons. The monoisotopic (exact) mass is 267 g/mol. The van der Waals surface area contributed by atoms with Gasteiger partial charge in [0, 0.05) is 6.54 Å². The summed E-state index contributed by atoms with van der Waals surface area (Å²) in [5.41, 5.74) is 3.22. The van der Waals surface area contributed by atoms with Gasteiger partial charge in [0.2, 0.25) is 5.95 Å². The van der Waals surface area contributed by atoms with Crippen LogP contribution in [0, 0.1) is 0 Å². The zero-order valence-corrected chi connectivity index (χ0v) is 11.4. The maximum absolute atomic E-state index is 5.34. The van der Waals surface area contributed by atoms with Gasteiger partial charge in [0.25, 0.3) is 0 Å². The summed E-state index contributed by atoms with van der Waals surface area (Å²) in [5.74, 6) is 1.74. The van der Waals surface area contributed by atoms with Crippen molar-refractivity contribution in [2.45, 2.75) is 6.42 Å². The lowest BCUT2D eigenvalue weighted by atomic mass is 10.1. The maximum atomic E-state index is 5.34. The quantitative estimate of drug-likeness (QED) is 0.746. The Kier molecular flexibility index (Phi) is 3.54. The Bertz CT molecular complexity index is 673. The smallest absolute Gasteiger partial charge is 0.201 e. The third kappa shape index (κ3) is 2.59. The van der Waals surface area contributed by atoms with Crippen LogP contribution in [0.2, 0.25) is 0 Å². The van der Waals surface area contributed by atoms with Crippen LogP contribution in [0.3, 0.4) is 0 Å². The van der Waals surface area contributed by atoms with Crippen LogP contribution >= 0.6 is 0 Å². The third-order valence-electron chi connectivity index (χ3n) is 3.27. The number of nitrogens with one attached hydrogen (secondary N) is 2. The Hall–Kier alpha value is -2.49. The number of anilines is 1. The highest BCUT2D eigenvalue weighted by atomic mass is 16.5. The summed E-state index contributed by atoms with van der Waals surface area (Å²) in [7, 11) is 1.70. The molecule has 0 radical (unpaired) electrons. The van der Waals surface area contributed by atoms with Gasteiger partial charge in [-0.15, -0.1) is 0 Å². The summed E-state index contributed by atoms with van der Waals surface area (Å²) in [5, 5.41) is 3.31. The lowest BCUT2D eigenvalue weighted by molar-refractivity contribution is 0.410. The molecular weight excluding hydrogens is 250 g/mol. The summed E-state index contributed by atoms with van der Waals surface area (Å²) in [4.78, 5) is 7.75. The largest absolute Gasteiger partial charge is 0.496 e. The molecule has 2 N–H and O–H groups in total. The number of imidazole rings is 1. The van der Waals surface area contributed by atoms with Gasteiger partial charge in [0.05, 0.1) is 18.1 Å². The number of aromatic amines is 1. The normalized spacial score (nSPS) is 10.7. The van der Waals surface area contributed by atoms with Gasteiger partial charge in [-0.3, -0.25) is 0 Å². The molecule has 0 fully saturated rings. The molecule has 0 saturated heterocycles. The average Bonchev–Trinajstić information content (AvgIpc) is 2.90. The molecule has 0 aliphatic carbocycles. The molecule has 0 saturated carbocycles. The minimum absolute atomic E-state index is 0.806. The number of methoxy groups -OCH3 is 1. The molecule has 0 unspecified atom stereocenters. The summed E-state index contributed by atoms with van der Waals surface area (Å²) < 4.78 is 5.34. The lowest BCUT2D eigenvalue weighted by Crippen LogP contribution is -2.06. The number of hydrogen-bond donors (Lipinski definition) is 2. The van der Waals surface area contributed by atoms with E-state index in [9.17, 15) is 0 Å². The average molecular weight is 267 g/mol. The van der Waals surface area contributed by atoms with Crippen molar-refractivity contribution in [3.05, 3.63) is 54.1 Å². The second-order valence-corrected chi connectivity index (χ2v) is 4.59. The summed E-state index contributed by atoms with van der Waals surface area (Å²) in [6.45, 7) is 0.806. The van der Waals surface area contributed by atoms with E-state index in [4.69, 9.17) is 4.74 Å². The predicted octanol–water partition coefficient (Wildman–Crippen LogP) is 3.23. The van der Waals surface area contributed by atoms with Gasteiger partial charge in [-0.1, -0.05) is 30.3 Å². The molecule has 20 heavy (non-hydrogen) atoms. The topological polar surface area (TPSA) is 49.9 Å². The molecule has 0 aliphatic rings. The second kappa shape index (κ2) is 5.65. The molecule has 0 amide bonds. The highest BCUT2D eigenvalue weighted by Crippen LogP contribution is 2.18. The molecular formula is C16H17N3O. The van der Waals surface area contributed by atoms with Crippen molar-refractivity contribution < 1.29 is 4.74 Å². The van der Waals surface area contributed by atoms with Crippen molar-refractivity contribution in [2.24, 2.45) is 0 Å². The first kappa shape index (κ1) is 12.5. The molecule has 4 nitrogen and oxygen atoms in total. The van der Waals surface area contributed by atoms with E-state index in [1.165, 1.54) is 5.56 Å². The molecule has 2 aromatic carbocycles. The number of H-pyrrole nitrogens is 1. The van der Waals surface area contributed by atoms with Crippen molar-refractivity contribution in [1.29, 1.82) is 0 Å². The Morgan fingerprint density at radius 2 is 1.90 bits per heavy atom. The predicted molar refractivity (Wildman–Crippen MR) is 81.3 cm³/mol. The van der Waals surface area contributed by atoms with Gasteiger partial charge >= 0.3 is 0 Å². The fourth-order valence-electron chi connectivity index (χ4n) is 2.26. The van der Waals surface area contributed by atoms with Crippen LogP contribution in [0.15, 0.2) is 48.5 Å². The molecule has 1 aromatic heterocycles. The van der Waals surface area contributed by atoms with Crippen molar-refractivity contribution >= 4 is 17.0 Å². The van der Waals surface area contributed by atoms with E-state index in [0.717, 1.165) is 35.7 Å². The van der Waals surface area contributed by atoms with Crippen LogP contribution in [0.25, 0.3) is 11.0 Å². The number of hydrogen-bond acceptors (Lipinski definition) is 3. The fraction of sp³-hybridized carbons (Fsp3) is 0.188.